The second kappa shape index (κ2) is 1.90. The molecular formula is C9H12F2O. The molecule has 2 unspecified atom stereocenters. The van der Waals surface area contributed by atoms with Gasteiger partial charge in [-0.05, 0) is 5.57 Å². The highest BCUT2D eigenvalue weighted by Gasteiger charge is 2.78. The Kier molecular flexibility index (Phi) is 1.29. The molecule has 0 aromatic carbocycles. The van der Waals surface area contributed by atoms with Gasteiger partial charge in [0.05, 0.1) is 11.5 Å². The van der Waals surface area contributed by atoms with E-state index in [1.165, 1.54) is 0 Å². The Morgan fingerprint density at radius 1 is 1.58 bits per heavy atom. The summed E-state index contributed by atoms with van der Waals surface area (Å²) in [4.78, 5) is 0. The summed E-state index contributed by atoms with van der Waals surface area (Å²) in [5.74, 6) is 0. The molecule has 1 nitrogen and oxygen atoms in total. The normalized spacial score (nSPS) is 37.8. The van der Waals surface area contributed by atoms with Crippen molar-refractivity contribution in [3.63, 3.8) is 0 Å². The second-order valence-corrected chi connectivity index (χ2v) is 4.11. The van der Waals surface area contributed by atoms with Crippen LogP contribution in [0.4, 0.5) is 8.78 Å². The largest absolute Gasteiger partial charge is 0.376 e. The predicted molar refractivity (Wildman–Crippen MR) is 41.1 cm³/mol. The third-order valence-electron chi connectivity index (χ3n) is 3.24. The van der Waals surface area contributed by atoms with Crippen LogP contribution in [0.15, 0.2) is 11.6 Å². The number of rotatable bonds is 3. The van der Waals surface area contributed by atoms with E-state index in [1.54, 1.807) is 21.0 Å². The van der Waals surface area contributed by atoms with Crippen molar-refractivity contribution >= 4 is 0 Å². The first-order chi connectivity index (χ1) is 5.48. The maximum absolute atomic E-state index is 12.6. The summed E-state index contributed by atoms with van der Waals surface area (Å²) in [5, 5.41) is 0. The fourth-order valence-electron chi connectivity index (χ4n) is 1.99. The van der Waals surface area contributed by atoms with Crippen molar-refractivity contribution in [2.24, 2.45) is 10.8 Å². The molecule has 2 aliphatic carbocycles. The zero-order valence-electron chi connectivity index (χ0n) is 7.40. The fraction of sp³-hybridized carbons (Fsp3) is 0.778. The summed E-state index contributed by atoms with van der Waals surface area (Å²) in [6.07, 6.45) is -0.416. The van der Waals surface area contributed by atoms with Crippen LogP contribution in [-0.4, -0.2) is 19.6 Å². The molecule has 0 aromatic rings. The van der Waals surface area contributed by atoms with Crippen LogP contribution in [0.1, 0.15) is 13.8 Å². The van der Waals surface area contributed by atoms with Crippen LogP contribution in [0.25, 0.3) is 0 Å². The number of hydrogen-bond donors (Lipinski definition) is 0. The van der Waals surface area contributed by atoms with Crippen molar-refractivity contribution in [1.29, 1.82) is 0 Å². The molecule has 2 rings (SSSR count). The minimum Gasteiger partial charge on any atom is -0.376 e. The van der Waals surface area contributed by atoms with Gasteiger partial charge in [-0.15, -0.1) is 0 Å². The van der Waals surface area contributed by atoms with E-state index in [9.17, 15) is 8.78 Å². The molecule has 0 radical (unpaired) electrons. The maximum atomic E-state index is 12.6. The Morgan fingerprint density at radius 2 is 2.17 bits per heavy atom. The summed E-state index contributed by atoms with van der Waals surface area (Å²) in [6.45, 7) is 3.19. The molecule has 2 atom stereocenters. The molecule has 0 saturated heterocycles. The molecular weight excluding hydrogens is 162 g/mol. The van der Waals surface area contributed by atoms with E-state index in [0.29, 0.717) is 0 Å². The zero-order chi connectivity index (χ0) is 9.15. The molecule has 2 aliphatic rings. The number of halogens is 2. The standard InChI is InChI=1S/C9H12F2O/c1-8(2,7(10)11)9-4-5(9)6(9)12-3/h4,6-7H,1-3H3. The fourth-order valence-corrected chi connectivity index (χ4v) is 1.99. The monoisotopic (exact) mass is 174 g/mol. The van der Waals surface area contributed by atoms with E-state index >= 15 is 0 Å². The summed E-state index contributed by atoms with van der Waals surface area (Å²) in [5.41, 5.74) is -0.269. The first kappa shape index (κ1) is 8.17. The van der Waals surface area contributed by atoms with Gasteiger partial charge < -0.3 is 4.74 Å². The van der Waals surface area contributed by atoms with Gasteiger partial charge in [0.2, 0.25) is 6.43 Å². The number of ether oxygens (including phenoxy) is 1. The lowest BCUT2D eigenvalue weighted by Crippen LogP contribution is -2.32. The van der Waals surface area contributed by atoms with Gasteiger partial charge in [-0.25, -0.2) is 8.78 Å². The number of alkyl halides is 2. The number of fused-ring (bicyclic) bond motifs is 1. The van der Waals surface area contributed by atoms with Crippen LogP contribution >= 0.6 is 0 Å². The molecule has 0 bridgehead atoms. The van der Waals surface area contributed by atoms with Gasteiger partial charge in [0, 0.05) is 12.5 Å². The molecule has 0 aromatic heterocycles. The summed E-state index contributed by atoms with van der Waals surface area (Å²) < 4.78 is 30.3. The van der Waals surface area contributed by atoms with Crippen molar-refractivity contribution in [1.82, 2.24) is 0 Å². The third-order valence-corrected chi connectivity index (χ3v) is 3.24. The molecule has 0 spiro atoms. The first-order valence-electron chi connectivity index (χ1n) is 4.02. The van der Waals surface area contributed by atoms with E-state index in [1.807, 2.05) is 6.08 Å². The summed E-state index contributed by atoms with van der Waals surface area (Å²) in [7, 11) is 1.57. The summed E-state index contributed by atoms with van der Waals surface area (Å²) in [6, 6.07) is 0. The van der Waals surface area contributed by atoms with E-state index in [-0.39, 0.29) is 11.5 Å². The van der Waals surface area contributed by atoms with E-state index in [4.69, 9.17) is 4.74 Å². The van der Waals surface area contributed by atoms with Crippen LogP contribution in [0.5, 0.6) is 0 Å². The van der Waals surface area contributed by atoms with Crippen LogP contribution in [0.3, 0.4) is 0 Å². The van der Waals surface area contributed by atoms with Crippen LogP contribution in [0, 0.1) is 10.8 Å². The van der Waals surface area contributed by atoms with Crippen LogP contribution < -0.4 is 0 Å². The molecule has 0 amide bonds. The van der Waals surface area contributed by atoms with Crippen molar-refractivity contribution in [2.45, 2.75) is 26.4 Å². The van der Waals surface area contributed by atoms with Crippen molar-refractivity contribution in [3.05, 3.63) is 11.6 Å². The van der Waals surface area contributed by atoms with E-state index in [0.717, 1.165) is 5.57 Å². The predicted octanol–water partition coefficient (Wildman–Crippen LogP) is 2.23. The van der Waals surface area contributed by atoms with Gasteiger partial charge in [-0.3, -0.25) is 0 Å². The number of hydrogen-bond acceptors (Lipinski definition) is 1. The zero-order valence-corrected chi connectivity index (χ0v) is 7.40. The molecule has 0 N–H and O–H groups in total. The lowest BCUT2D eigenvalue weighted by atomic mass is 9.80. The van der Waals surface area contributed by atoms with E-state index in [2.05, 4.69) is 0 Å². The van der Waals surface area contributed by atoms with Gasteiger partial charge in [0.15, 0.2) is 0 Å². The Bertz CT molecular complexity index is 257. The highest BCUT2D eigenvalue weighted by Crippen LogP contribution is 2.78. The molecule has 12 heavy (non-hydrogen) atoms. The molecule has 1 saturated carbocycles. The first-order valence-corrected chi connectivity index (χ1v) is 4.02. The average molecular weight is 174 g/mol. The van der Waals surface area contributed by atoms with Gasteiger partial charge >= 0.3 is 0 Å². The summed E-state index contributed by atoms with van der Waals surface area (Å²) >= 11 is 0. The lowest BCUT2D eigenvalue weighted by Gasteiger charge is -2.28. The SMILES string of the molecule is COC1C2=CC21C(C)(C)C(F)F. The molecule has 68 valence electrons. The third kappa shape index (κ3) is 0.622. The minimum absolute atomic E-state index is 0.0264. The van der Waals surface area contributed by atoms with Gasteiger partial charge in [0.25, 0.3) is 0 Å². The van der Waals surface area contributed by atoms with E-state index < -0.39 is 11.8 Å². The Morgan fingerprint density at radius 3 is 2.42 bits per heavy atom. The van der Waals surface area contributed by atoms with Crippen molar-refractivity contribution < 1.29 is 13.5 Å². The quantitative estimate of drug-likeness (QED) is 0.596. The topological polar surface area (TPSA) is 9.23 Å². The van der Waals surface area contributed by atoms with Gasteiger partial charge in [0.1, 0.15) is 0 Å². The Hall–Kier alpha value is -0.440. The Labute approximate surface area is 70.4 Å². The van der Waals surface area contributed by atoms with Gasteiger partial charge in [-0.1, -0.05) is 19.9 Å². The highest BCUT2D eigenvalue weighted by atomic mass is 19.3. The Balaban J connectivity index is 2.14. The smallest absolute Gasteiger partial charge is 0.244 e. The molecule has 0 heterocycles. The van der Waals surface area contributed by atoms with Crippen molar-refractivity contribution in [2.75, 3.05) is 7.11 Å². The van der Waals surface area contributed by atoms with Gasteiger partial charge in [-0.2, -0.15) is 0 Å². The highest BCUT2D eigenvalue weighted by molar-refractivity contribution is 5.65. The molecule has 0 aliphatic heterocycles. The second-order valence-electron chi connectivity index (χ2n) is 4.11. The minimum atomic E-state index is -2.29. The number of methoxy groups -OCH3 is 1. The molecule has 3 heteroatoms. The van der Waals surface area contributed by atoms with Crippen LogP contribution in [0.2, 0.25) is 0 Å². The molecule has 1 fully saturated rings. The average Bonchev–Trinajstić information content (AvgIpc) is 2.72. The lowest BCUT2D eigenvalue weighted by molar-refractivity contribution is -0.0285. The van der Waals surface area contributed by atoms with Crippen molar-refractivity contribution in [3.8, 4) is 0 Å². The maximum Gasteiger partial charge on any atom is 0.244 e. The van der Waals surface area contributed by atoms with Crippen LogP contribution in [-0.2, 0) is 4.74 Å².